The lowest BCUT2D eigenvalue weighted by Gasteiger charge is -2.35. The van der Waals surface area contributed by atoms with Crippen molar-refractivity contribution >= 4 is 40.7 Å². The largest absolute Gasteiger partial charge is 0.450 e. The monoisotopic (exact) mass is 394 g/mol. The molecule has 144 valence electrons. The standard InChI is InChI=1S/C17H20ClFN6O2/c1-2-27-17(26)25-7-5-24(6-8-25)16-14(20)15(21-10-22-16)23-11-3-4-13(19)12(18)9-11/h3-4,9-10H,2,5-8,20H2,1H3,(H,21,22,23). The van der Waals surface area contributed by atoms with Crippen LogP contribution in [0.1, 0.15) is 6.92 Å². The molecule has 1 saturated heterocycles. The summed E-state index contributed by atoms with van der Waals surface area (Å²) >= 11 is 5.80. The number of halogens is 2. The second-order valence-corrected chi connectivity index (χ2v) is 6.29. The fourth-order valence-corrected chi connectivity index (χ4v) is 2.94. The van der Waals surface area contributed by atoms with Crippen molar-refractivity contribution in [1.29, 1.82) is 0 Å². The average molecular weight is 395 g/mol. The SMILES string of the molecule is CCOC(=O)N1CCN(c2ncnc(Nc3ccc(F)c(Cl)c3)c2N)CC1. The number of rotatable bonds is 4. The number of benzene rings is 1. The molecule has 1 fully saturated rings. The Bertz CT molecular complexity index is 829. The van der Waals surface area contributed by atoms with Crippen molar-refractivity contribution in [3.05, 3.63) is 35.4 Å². The molecule has 1 aromatic carbocycles. The third-order valence-electron chi connectivity index (χ3n) is 4.15. The first-order valence-electron chi connectivity index (χ1n) is 8.48. The summed E-state index contributed by atoms with van der Waals surface area (Å²) in [5.74, 6) is 0.470. The average Bonchev–Trinajstić information content (AvgIpc) is 2.67. The number of hydrogen-bond donors (Lipinski definition) is 2. The van der Waals surface area contributed by atoms with Crippen LogP contribution in [-0.2, 0) is 4.74 Å². The Labute approximate surface area is 161 Å². The number of carbonyl (C=O) groups is 1. The molecule has 0 bridgehead atoms. The molecular weight excluding hydrogens is 375 g/mol. The number of aromatic nitrogens is 2. The molecule has 0 unspecified atom stereocenters. The highest BCUT2D eigenvalue weighted by Gasteiger charge is 2.24. The maximum absolute atomic E-state index is 13.3. The second-order valence-electron chi connectivity index (χ2n) is 5.89. The van der Waals surface area contributed by atoms with Gasteiger partial charge in [0.25, 0.3) is 0 Å². The van der Waals surface area contributed by atoms with Gasteiger partial charge in [-0.2, -0.15) is 0 Å². The van der Waals surface area contributed by atoms with E-state index in [2.05, 4.69) is 15.3 Å². The van der Waals surface area contributed by atoms with E-state index in [9.17, 15) is 9.18 Å². The Morgan fingerprint density at radius 2 is 2.07 bits per heavy atom. The topological polar surface area (TPSA) is 96.6 Å². The summed E-state index contributed by atoms with van der Waals surface area (Å²) in [5.41, 5.74) is 7.15. The van der Waals surface area contributed by atoms with Crippen LogP contribution in [0.25, 0.3) is 0 Å². The highest BCUT2D eigenvalue weighted by molar-refractivity contribution is 6.31. The smallest absolute Gasteiger partial charge is 0.409 e. The number of piperazine rings is 1. The molecule has 1 aliphatic rings. The molecule has 10 heteroatoms. The fourth-order valence-electron chi connectivity index (χ4n) is 2.76. The Kier molecular flexibility index (Phi) is 5.80. The molecule has 8 nitrogen and oxygen atoms in total. The van der Waals surface area contributed by atoms with Crippen LogP contribution in [0.4, 0.5) is 32.2 Å². The quantitative estimate of drug-likeness (QED) is 0.822. The summed E-state index contributed by atoms with van der Waals surface area (Å²) in [4.78, 5) is 23.9. The Hall–Kier alpha value is -2.81. The van der Waals surface area contributed by atoms with Gasteiger partial charge in [-0.25, -0.2) is 19.2 Å². The van der Waals surface area contributed by atoms with Gasteiger partial charge in [-0.15, -0.1) is 0 Å². The number of amides is 1. The zero-order valence-corrected chi connectivity index (χ0v) is 15.5. The minimum Gasteiger partial charge on any atom is -0.450 e. The van der Waals surface area contributed by atoms with Crippen molar-refractivity contribution in [1.82, 2.24) is 14.9 Å². The van der Waals surface area contributed by atoms with Gasteiger partial charge < -0.3 is 25.6 Å². The Morgan fingerprint density at radius 3 is 2.74 bits per heavy atom. The molecule has 0 atom stereocenters. The van der Waals surface area contributed by atoms with E-state index in [1.54, 1.807) is 17.9 Å². The molecule has 1 aliphatic heterocycles. The highest BCUT2D eigenvalue weighted by Crippen LogP contribution is 2.30. The van der Waals surface area contributed by atoms with Crippen LogP contribution in [0.15, 0.2) is 24.5 Å². The van der Waals surface area contributed by atoms with Crippen molar-refractivity contribution in [2.75, 3.05) is 48.7 Å². The number of nitrogen functional groups attached to an aromatic ring is 1. The van der Waals surface area contributed by atoms with E-state index in [1.165, 1.54) is 18.5 Å². The maximum Gasteiger partial charge on any atom is 0.409 e. The summed E-state index contributed by atoms with van der Waals surface area (Å²) in [6.45, 7) is 4.29. The van der Waals surface area contributed by atoms with Gasteiger partial charge >= 0.3 is 6.09 Å². The van der Waals surface area contributed by atoms with Crippen molar-refractivity contribution in [3.63, 3.8) is 0 Å². The lowest BCUT2D eigenvalue weighted by Crippen LogP contribution is -2.49. The van der Waals surface area contributed by atoms with Crippen LogP contribution in [0.2, 0.25) is 5.02 Å². The van der Waals surface area contributed by atoms with Crippen LogP contribution < -0.4 is 16.0 Å². The number of ether oxygens (including phenoxy) is 1. The third-order valence-corrected chi connectivity index (χ3v) is 4.44. The van der Waals surface area contributed by atoms with Gasteiger partial charge in [0.2, 0.25) is 0 Å². The number of nitrogens with zero attached hydrogens (tertiary/aromatic N) is 4. The van der Waals surface area contributed by atoms with Gasteiger partial charge in [-0.05, 0) is 25.1 Å². The van der Waals surface area contributed by atoms with Crippen LogP contribution in [-0.4, -0.2) is 53.7 Å². The zero-order chi connectivity index (χ0) is 19.4. The Morgan fingerprint density at radius 1 is 1.33 bits per heavy atom. The van der Waals surface area contributed by atoms with Crippen LogP contribution in [0, 0.1) is 5.82 Å². The molecule has 1 amide bonds. The molecule has 1 aromatic heterocycles. The van der Waals surface area contributed by atoms with E-state index < -0.39 is 5.82 Å². The number of nitrogens with one attached hydrogen (secondary N) is 1. The van der Waals surface area contributed by atoms with E-state index >= 15 is 0 Å². The second kappa shape index (κ2) is 8.26. The predicted molar refractivity (Wildman–Crippen MR) is 102 cm³/mol. The summed E-state index contributed by atoms with van der Waals surface area (Å²) in [6, 6.07) is 4.26. The third kappa shape index (κ3) is 4.30. The fraction of sp³-hybridized carbons (Fsp3) is 0.353. The molecule has 3 rings (SSSR count). The molecule has 0 saturated carbocycles. The molecule has 0 radical (unpaired) electrons. The molecule has 0 spiro atoms. The van der Waals surface area contributed by atoms with E-state index in [1.807, 2.05) is 4.90 Å². The maximum atomic E-state index is 13.3. The van der Waals surface area contributed by atoms with Gasteiger partial charge in [-0.3, -0.25) is 0 Å². The van der Waals surface area contributed by atoms with E-state index in [-0.39, 0.29) is 11.1 Å². The Balaban J connectivity index is 1.72. The van der Waals surface area contributed by atoms with E-state index in [0.717, 1.165) is 0 Å². The lowest BCUT2D eigenvalue weighted by molar-refractivity contribution is 0.105. The van der Waals surface area contributed by atoms with Gasteiger partial charge in [0, 0.05) is 31.9 Å². The van der Waals surface area contributed by atoms with E-state index in [0.29, 0.717) is 55.8 Å². The van der Waals surface area contributed by atoms with Crippen LogP contribution in [0.5, 0.6) is 0 Å². The van der Waals surface area contributed by atoms with Crippen LogP contribution in [0.3, 0.4) is 0 Å². The summed E-state index contributed by atoms with van der Waals surface area (Å²) in [7, 11) is 0. The van der Waals surface area contributed by atoms with Crippen molar-refractivity contribution < 1.29 is 13.9 Å². The molecular formula is C17H20ClFN6O2. The first-order valence-corrected chi connectivity index (χ1v) is 8.86. The number of hydrogen-bond acceptors (Lipinski definition) is 7. The normalized spacial score (nSPS) is 14.2. The first kappa shape index (κ1) is 19.0. The molecule has 0 aliphatic carbocycles. The summed E-state index contributed by atoms with van der Waals surface area (Å²) in [6.07, 6.45) is 1.08. The zero-order valence-electron chi connectivity index (χ0n) is 14.8. The molecule has 3 N–H and O–H groups in total. The first-order chi connectivity index (χ1) is 13.0. The summed E-state index contributed by atoms with van der Waals surface area (Å²) < 4.78 is 18.3. The minimum absolute atomic E-state index is 0.00272. The molecule has 2 heterocycles. The number of carbonyl (C=O) groups excluding carboxylic acids is 1. The number of anilines is 4. The van der Waals surface area contributed by atoms with E-state index in [4.69, 9.17) is 22.1 Å². The summed E-state index contributed by atoms with van der Waals surface area (Å²) in [5, 5.41) is 3.03. The highest BCUT2D eigenvalue weighted by atomic mass is 35.5. The van der Waals surface area contributed by atoms with Gasteiger partial charge in [0.1, 0.15) is 17.8 Å². The van der Waals surface area contributed by atoms with Crippen molar-refractivity contribution in [2.45, 2.75) is 6.92 Å². The molecule has 2 aromatic rings. The predicted octanol–water partition coefficient (Wildman–Crippen LogP) is 2.87. The van der Waals surface area contributed by atoms with Gasteiger partial charge in [0.05, 0.1) is 11.6 Å². The van der Waals surface area contributed by atoms with Crippen molar-refractivity contribution in [3.8, 4) is 0 Å². The lowest BCUT2D eigenvalue weighted by atomic mass is 10.3. The minimum atomic E-state index is -0.502. The van der Waals surface area contributed by atoms with Gasteiger partial charge in [-0.1, -0.05) is 11.6 Å². The number of nitrogens with two attached hydrogens (primary N) is 1. The van der Waals surface area contributed by atoms with Crippen LogP contribution >= 0.6 is 11.6 Å². The molecule has 27 heavy (non-hydrogen) atoms. The van der Waals surface area contributed by atoms with Gasteiger partial charge in [0.15, 0.2) is 11.6 Å². The van der Waals surface area contributed by atoms with Crippen molar-refractivity contribution in [2.24, 2.45) is 0 Å².